The average Bonchev–Trinajstić information content (AvgIpc) is 2.40. The predicted octanol–water partition coefficient (Wildman–Crippen LogP) is 3.68. The quantitative estimate of drug-likeness (QED) is 0.503. The fourth-order valence-corrected chi connectivity index (χ4v) is 2.24. The number of hydrogen-bond acceptors (Lipinski definition) is 3. The van der Waals surface area contributed by atoms with E-state index in [4.69, 9.17) is 10.5 Å². The molecule has 0 aliphatic carbocycles. The Morgan fingerprint density at radius 1 is 1.10 bits per heavy atom. The smallest absolute Gasteiger partial charge is 0.204 e. The molecular weight excluding hydrogens is 271 g/mol. The number of methoxy groups -OCH3 is 1. The largest absolute Gasteiger partial charge is 0.505 e. The molecule has 2 aromatic rings. The van der Waals surface area contributed by atoms with Crippen LogP contribution in [-0.2, 0) is 0 Å². The lowest BCUT2D eigenvalue weighted by atomic mass is 9.93. The van der Waals surface area contributed by atoms with Crippen molar-refractivity contribution in [2.75, 3.05) is 12.8 Å². The molecule has 2 aromatic carbocycles. The molecule has 0 bridgehead atoms. The molecule has 0 fully saturated rings. The van der Waals surface area contributed by atoms with Crippen LogP contribution in [0.25, 0.3) is 10.8 Å². The number of fused-ring (bicyclic) bond motifs is 1. The molecule has 2 rings (SSSR count). The first kappa shape index (κ1) is 14.3. The van der Waals surface area contributed by atoms with Crippen LogP contribution in [0.5, 0.6) is 11.5 Å². The molecule has 0 aromatic heterocycles. The number of halogens is 3. The predicted molar refractivity (Wildman–Crippen MR) is 70.5 cm³/mol. The Labute approximate surface area is 113 Å². The van der Waals surface area contributed by atoms with Crippen molar-refractivity contribution in [3.8, 4) is 11.5 Å². The first-order valence-electron chi connectivity index (χ1n) is 5.96. The summed E-state index contributed by atoms with van der Waals surface area (Å²) < 4.78 is 46.2. The van der Waals surface area contributed by atoms with Gasteiger partial charge in [0.25, 0.3) is 0 Å². The number of ether oxygens (including phenoxy) is 1. The molecule has 0 amide bonds. The fraction of sp³-hybridized carbons (Fsp3) is 0.286. The van der Waals surface area contributed by atoms with Gasteiger partial charge in [0.1, 0.15) is 5.75 Å². The minimum atomic E-state index is -1.70. The zero-order chi connectivity index (χ0) is 15.2. The number of aromatic hydroxyl groups is 1. The molecule has 0 aliphatic rings. The average molecular weight is 285 g/mol. The van der Waals surface area contributed by atoms with Crippen LogP contribution in [0.2, 0.25) is 0 Å². The van der Waals surface area contributed by atoms with Gasteiger partial charge >= 0.3 is 0 Å². The fourth-order valence-electron chi connectivity index (χ4n) is 2.24. The van der Waals surface area contributed by atoms with Gasteiger partial charge in [0.05, 0.1) is 18.2 Å². The summed E-state index contributed by atoms with van der Waals surface area (Å²) in [7, 11) is 1.15. The summed E-state index contributed by atoms with van der Waals surface area (Å²) in [6, 6.07) is 1.40. The lowest BCUT2D eigenvalue weighted by Gasteiger charge is -2.17. The number of phenols is 1. The van der Waals surface area contributed by atoms with E-state index in [0.717, 1.165) is 7.11 Å². The Morgan fingerprint density at radius 2 is 1.70 bits per heavy atom. The number of rotatable bonds is 2. The second-order valence-electron chi connectivity index (χ2n) is 4.78. The number of nitrogen functional groups attached to an aromatic ring is 1. The van der Waals surface area contributed by atoms with Crippen molar-refractivity contribution in [1.29, 1.82) is 0 Å². The van der Waals surface area contributed by atoms with Crippen LogP contribution in [0.1, 0.15) is 25.3 Å². The van der Waals surface area contributed by atoms with Gasteiger partial charge in [-0.15, -0.1) is 0 Å². The van der Waals surface area contributed by atoms with Crippen LogP contribution in [0.4, 0.5) is 18.9 Å². The summed E-state index contributed by atoms with van der Waals surface area (Å²) >= 11 is 0. The molecule has 0 heterocycles. The maximum Gasteiger partial charge on any atom is 0.204 e. The van der Waals surface area contributed by atoms with Gasteiger partial charge in [-0.05, 0) is 17.5 Å². The Morgan fingerprint density at radius 3 is 2.20 bits per heavy atom. The summed E-state index contributed by atoms with van der Waals surface area (Å²) in [6.45, 7) is 3.56. The minimum absolute atomic E-state index is 0.00870. The van der Waals surface area contributed by atoms with Crippen molar-refractivity contribution in [3.63, 3.8) is 0 Å². The molecule has 3 N–H and O–H groups in total. The molecule has 0 aliphatic heterocycles. The van der Waals surface area contributed by atoms with Gasteiger partial charge in [-0.1, -0.05) is 13.8 Å². The standard InChI is InChI=1S/C14H14F3NO2/c1-5(2)6-4-7(18)13(19)9-8(6)14(20-3)12(17)11(16)10(9)15/h4-5,19H,18H2,1-3H3. The highest BCUT2D eigenvalue weighted by Gasteiger charge is 2.27. The molecule has 0 saturated carbocycles. The van der Waals surface area contributed by atoms with Gasteiger partial charge in [0.2, 0.25) is 5.82 Å². The third-order valence-corrected chi connectivity index (χ3v) is 3.22. The van der Waals surface area contributed by atoms with Gasteiger partial charge in [0.15, 0.2) is 17.4 Å². The molecule has 0 unspecified atom stereocenters. The maximum atomic E-state index is 14.0. The van der Waals surface area contributed by atoms with Crippen molar-refractivity contribution < 1.29 is 23.0 Å². The van der Waals surface area contributed by atoms with E-state index < -0.39 is 34.3 Å². The minimum Gasteiger partial charge on any atom is -0.505 e. The van der Waals surface area contributed by atoms with Crippen molar-refractivity contribution >= 4 is 16.5 Å². The first-order valence-corrected chi connectivity index (χ1v) is 5.96. The highest BCUT2D eigenvalue weighted by atomic mass is 19.2. The lowest BCUT2D eigenvalue weighted by Crippen LogP contribution is -2.03. The zero-order valence-electron chi connectivity index (χ0n) is 11.2. The normalized spacial score (nSPS) is 11.3. The molecule has 0 atom stereocenters. The van der Waals surface area contributed by atoms with Crippen LogP contribution in [0, 0.1) is 17.5 Å². The van der Waals surface area contributed by atoms with Gasteiger partial charge < -0.3 is 15.6 Å². The van der Waals surface area contributed by atoms with Gasteiger partial charge in [-0.25, -0.2) is 8.78 Å². The molecule has 0 radical (unpaired) electrons. The van der Waals surface area contributed by atoms with E-state index in [1.807, 2.05) is 0 Å². The van der Waals surface area contributed by atoms with Crippen molar-refractivity contribution in [2.45, 2.75) is 19.8 Å². The number of hydrogen-bond donors (Lipinski definition) is 2. The van der Waals surface area contributed by atoms with Gasteiger partial charge in [-0.3, -0.25) is 0 Å². The number of phenolic OH excluding ortho intramolecular Hbond substituents is 1. The Hall–Kier alpha value is -2.11. The summed E-state index contributed by atoms with van der Waals surface area (Å²) in [6.07, 6.45) is 0. The van der Waals surface area contributed by atoms with E-state index in [-0.39, 0.29) is 17.0 Å². The SMILES string of the molecule is COc1c(F)c(F)c(F)c2c(O)c(N)cc(C(C)C)c12. The van der Waals surface area contributed by atoms with Crippen molar-refractivity contribution in [2.24, 2.45) is 0 Å². The van der Waals surface area contributed by atoms with Crippen LogP contribution < -0.4 is 10.5 Å². The molecule has 0 spiro atoms. The molecular formula is C14H14F3NO2. The van der Waals surface area contributed by atoms with Crippen molar-refractivity contribution in [3.05, 3.63) is 29.1 Å². The van der Waals surface area contributed by atoms with E-state index in [2.05, 4.69) is 0 Å². The Bertz CT molecular complexity index is 699. The number of benzene rings is 2. The first-order chi connectivity index (χ1) is 9.31. The van der Waals surface area contributed by atoms with Crippen LogP contribution in [-0.4, -0.2) is 12.2 Å². The summed E-state index contributed by atoms with van der Waals surface area (Å²) in [5.41, 5.74) is 5.96. The van der Waals surface area contributed by atoms with Gasteiger partial charge in [-0.2, -0.15) is 4.39 Å². The molecule has 3 nitrogen and oxygen atoms in total. The molecule has 0 saturated heterocycles. The molecule has 20 heavy (non-hydrogen) atoms. The molecule has 108 valence electrons. The van der Waals surface area contributed by atoms with Gasteiger partial charge in [0, 0.05) is 5.39 Å². The highest BCUT2D eigenvalue weighted by molar-refractivity contribution is 6.00. The highest BCUT2D eigenvalue weighted by Crippen LogP contribution is 2.44. The van der Waals surface area contributed by atoms with E-state index in [1.54, 1.807) is 13.8 Å². The summed E-state index contributed by atoms with van der Waals surface area (Å²) in [5.74, 6) is -5.84. The van der Waals surface area contributed by atoms with E-state index in [9.17, 15) is 18.3 Å². The molecule has 6 heteroatoms. The summed E-state index contributed by atoms with van der Waals surface area (Å²) in [4.78, 5) is 0. The monoisotopic (exact) mass is 285 g/mol. The topological polar surface area (TPSA) is 55.5 Å². The number of anilines is 1. The van der Waals surface area contributed by atoms with Crippen LogP contribution >= 0.6 is 0 Å². The van der Waals surface area contributed by atoms with E-state index in [1.165, 1.54) is 6.07 Å². The van der Waals surface area contributed by atoms with E-state index in [0.29, 0.717) is 5.56 Å². The van der Waals surface area contributed by atoms with Crippen LogP contribution in [0.15, 0.2) is 6.07 Å². The summed E-state index contributed by atoms with van der Waals surface area (Å²) in [5, 5.41) is 9.39. The lowest BCUT2D eigenvalue weighted by molar-refractivity contribution is 0.366. The third-order valence-electron chi connectivity index (χ3n) is 3.22. The second kappa shape index (κ2) is 4.77. The number of nitrogens with two attached hydrogens (primary N) is 1. The van der Waals surface area contributed by atoms with E-state index >= 15 is 0 Å². The Kier molecular flexibility index (Phi) is 3.41. The third kappa shape index (κ3) is 1.83. The van der Waals surface area contributed by atoms with Crippen LogP contribution in [0.3, 0.4) is 0 Å². The second-order valence-corrected chi connectivity index (χ2v) is 4.78. The zero-order valence-corrected chi connectivity index (χ0v) is 11.2. The maximum absolute atomic E-state index is 14.0. The van der Waals surface area contributed by atoms with Crippen molar-refractivity contribution in [1.82, 2.24) is 0 Å². The Balaban J connectivity index is 3.15.